The monoisotopic (exact) mass is 364 g/mol. The number of hydrogen-bond acceptors (Lipinski definition) is 4. The third-order valence-electron chi connectivity index (χ3n) is 5.11. The molecule has 2 aromatic heterocycles. The van der Waals surface area contributed by atoms with Gasteiger partial charge in [0.1, 0.15) is 0 Å². The minimum absolute atomic E-state index is 0.0759. The SMILES string of the molecule is Cc1cc(C(=O)N2CCc3c(cccc3C(=O)O)C2)c2c(C)nn(C)c2n1. The summed E-state index contributed by atoms with van der Waals surface area (Å²) in [5.74, 6) is -1.00. The summed E-state index contributed by atoms with van der Waals surface area (Å²) in [4.78, 5) is 31.0. The maximum Gasteiger partial charge on any atom is 0.335 e. The maximum absolute atomic E-state index is 13.3. The molecule has 138 valence electrons. The molecule has 0 fully saturated rings. The molecular weight excluding hydrogens is 344 g/mol. The number of carboxylic acids is 1. The Labute approximate surface area is 156 Å². The van der Waals surface area contributed by atoms with Gasteiger partial charge in [0.2, 0.25) is 0 Å². The molecule has 1 amide bonds. The Hall–Kier alpha value is -3.22. The standard InChI is InChI=1S/C20H20N4O3/c1-11-9-16(17-12(2)22-23(3)18(17)21-11)19(25)24-8-7-14-13(10-24)5-4-6-15(14)20(26)27/h4-6,9H,7-8,10H2,1-3H3,(H,26,27). The van der Waals surface area contributed by atoms with Crippen LogP contribution in [0.3, 0.4) is 0 Å². The van der Waals surface area contributed by atoms with Gasteiger partial charge in [-0.3, -0.25) is 9.48 Å². The van der Waals surface area contributed by atoms with Crippen LogP contribution >= 0.6 is 0 Å². The van der Waals surface area contributed by atoms with E-state index >= 15 is 0 Å². The van der Waals surface area contributed by atoms with E-state index in [2.05, 4.69) is 10.1 Å². The molecule has 4 rings (SSSR count). The van der Waals surface area contributed by atoms with E-state index in [1.54, 1.807) is 21.7 Å². The summed E-state index contributed by atoms with van der Waals surface area (Å²) < 4.78 is 1.69. The average molecular weight is 364 g/mol. The summed E-state index contributed by atoms with van der Waals surface area (Å²) in [6.07, 6.45) is 0.531. The molecule has 7 heteroatoms. The molecule has 1 N–H and O–H groups in total. The number of carbonyl (C=O) groups excluding carboxylic acids is 1. The molecule has 3 heterocycles. The van der Waals surface area contributed by atoms with Crippen molar-refractivity contribution in [2.45, 2.75) is 26.8 Å². The summed E-state index contributed by atoms with van der Waals surface area (Å²) in [6, 6.07) is 7.05. The summed E-state index contributed by atoms with van der Waals surface area (Å²) in [6.45, 7) is 4.62. The quantitative estimate of drug-likeness (QED) is 0.755. The highest BCUT2D eigenvalue weighted by atomic mass is 16.4. The molecule has 0 radical (unpaired) electrons. The van der Waals surface area contributed by atoms with Gasteiger partial charge in [0.05, 0.1) is 22.2 Å². The van der Waals surface area contributed by atoms with E-state index in [1.807, 2.05) is 33.0 Å². The molecule has 1 aliphatic rings. The van der Waals surface area contributed by atoms with Gasteiger partial charge in [0.25, 0.3) is 5.91 Å². The van der Waals surface area contributed by atoms with E-state index in [-0.39, 0.29) is 5.91 Å². The van der Waals surface area contributed by atoms with Crippen molar-refractivity contribution in [1.29, 1.82) is 0 Å². The van der Waals surface area contributed by atoms with E-state index in [1.165, 1.54) is 0 Å². The molecule has 0 aliphatic carbocycles. The summed E-state index contributed by atoms with van der Waals surface area (Å²) in [5, 5.41) is 14.6. The summed E-state index contributed by atoms with van der Waals surface area (Å²) >= 11 is 0. The Balaban J connectivity index is 1.74. The molecule has 0 saturated heterocycles. The van der Waals surface area contributed by atoms with Crippen LogP contribution in [0.5, 0.6) is 0 Å². The molecule has 1 aromatic carbocycles. The predicted octanol–water partition coefficient (Wildman–Crippen LogP) is 2.48. The van der Waals surface area contributed by atoms with Crippen LogP contribution < -0.4 is 0 Å². The molecule has 0 bridgehead atoms. The number of amides is 1. The number of aromatic carboxylic acids is 1. The number of benzene rings is 1. The number of fused-ring (bicyclic) bond motifs is 2. The Morgan fingerprint density at radius 2 is 1.96 bits per heavy atom. The lowest BCUT2D eigenvalue weighted by atomic mass is 9.94. The zero-order valence-corrected chi connectivity index (χ0v) is 15.5. The van der Waals surface area contributed by atoms with E-state index in [0.717, 1.165) is 27.9 Å². The molecular formula is C20H20N4O3. The Morgan fingerprint density at radius 1 is 1.19 bits per heavy atom. The second-order valence-corrected chi connectivity index (χ2v) is 6.94. The third kappa shape index (κ3) is 2.75. The van der Waals surface area contributed by atoms with Crippen LogP contribution in [0.15, 0.2) is 24.3 Å². The minimum Gasteiger partial charge on any atom is -0.478 e. The molecule has 7 nitrogen and oxygen atoms in total. The van der Waals surface area contributed by atoms with Crippen molar-refractivity contribution in [1.82, 2.24) is 19.7 Å². The molecule has 0 unspecified atom stereocenters. The Morgan fingerprint density at radius 3 is 2.70 bits per heavy atom. The molecule has 0 spiro atoms. The highest BCUT2D eigenvalue weighted by molar-refractivity contribution is 6.06. The lowest BCUT2D eigenvalue weighted by Gasteiger charge is -2.30. The molecule has 3 aromatic rings. The third-order valence-corrected chi connectivity index (χ3v) is 5.11. The van der Waals surface area contributed by atoms with Gasteiger partial charge >= 0.3 is 5.97 Å². The number of aryl methyl sites for hydroxylation is 3. The van der Waals surface area contributed by atoms with Crippen LogP contribution in [0.25, 0.3) is 11.0 Å². The topological polar surface area (TPSA) is 88.3 Å². The van der Waals surface area contributed by atoms with Crippen molar-refractivity contribution in [2.24, 2.45) is 7.05 Å². The van der Waals surface area contributed by atoms with Gasteiger partial charge in [-0.05, 0) is 43.5 Å². The predicted molar refractivity (Wildman–Crippen MR) is 99.8 cm³/mol. The second-order valence-electron chi connectivity index (χ2n) is 6.94. The van der Waals surface area contributed by atoms with Gasteiger partial charge in [-0.15, -0.1) is 0 Å². The molecule has 0 atom stereocenters. The Bertz CT molecular complexity index is 1100. The van der Waals surface area contributed by atoms with E-state index in [4.69, 9.17) is 0 Å². The van der Waals surface area contributed by atoms with Gasteiger partial charge in [0, 0.05) is 25.8 Å². The van der Waals surface area contributed by atoms with Gasteiger partial charge in [-0.2, -0.15) is 5.10 Å². The first-order chi connectivity index (χ1) is 12.9. The lowest BCUT2D eigenvalue weighted by Crippen LogP contribution is -2.36. The van der Waals surface area contributed by atoms with E-state index in [9.17, 15) is 14.7 Å². The number of carbonyl (C=O) groups is 2. The number of nitrogens with zero attached hydrogens (tertiary/aromatic N) is 4. The fraction of sp³-hybridized carbons (Fsp3) is 0.300. The second kappa shape index (κ2) is 6.19. The average Bonchev–Trinajstić information content (AvgIpc) is 2.93. The Kier molecular flexibility index (Phi) is 3.95. The maximum atomic E-state index is 13.3. The van der Waals surface area contributed by atoms with Crippen molar-refractivity contribution >= 4 is 22.9 Å². The number of hydrogen-bond donors (Lipinski definition) is 1. The first-order valence-electron chi connectivity index (χ1n) is 8.81. The van der Waals surface area contributed by atoms with Gasteiger partial charge in [0.15, 0.2) is 5.65 Å². The molecule has 0 saturated carbocycles. The van der Waals surface area contributed by atoms with E-state index in [0.29, 0.717) is 36.3 Å². The van der Waals surface area contributed by atoms with E-state index < -0.39 is 5.97 Å². The highest BCUT2D eigenvalue weighted by Crippen LogP contribution is 2.27. The van der Waals surface area contributed by atoms with Crippen LogP contribution in [-0.4, -0.2) is 43.2 Å². The largest absolute Gasteiger partial charge is 0.478 e. The molecule has 1 aliphatic heterocycles. The number of carboxylic acid groups (broad SMARTS) is 1. The zero-order chi connectivity index (χ0) is 19.3. The van der Waals surface area contributed by atoms with Crippen molar-refractivity contribution in [2.75, 3.05) is 6.54 Å². The van der Waals surface area contributed by atoms with Crippen molar-refractivity contribution < 1.29 is 14.7 Å². The fourth-order valence-corrected chi connectivity index (χ4v) is 3.89. The number of aromatic nitrogens is 3. The smallest absolute Gasteiger partial charge is 0.335 e. The van der Waals surface area contributed by atoms with Gasteiger partial charge in [-0.25, -0.2) is 9.78 Å². The highest BCUT2D eigenvalue weighted by Gasteiger charge is 2.27. The van der Waals surface area contributed by atoms with Crippen LogP contribution in [0.2, 0.25) is 0 Å². The summed E-state index contributed by atoms with van der Waals surface area (Å²) in [7, 11) is 1.82. The zero-order valence-electron chi connectivity index (χ0n) is 15.5. The number of rotatable bonds is 2. The van der Waals surface area contributed by atoms with Crippen LogP contribution in [0, 0.1) is 13.8 Å². The van der Waals surface area contributed by atoms with Crippen molar-refractivity contribution in [3.63, 3.8) is 0 Å². The van der Waals surface area contributed by atoms with Crippen LogP contribution in [-0.2, 0) is 20.0 Å². The van der Waals surface area contributed by atoms with Gasteiger partial charge < -0.3 is 10.0 Å². The minimum atomic E-state index is -0.927. The normalized spacial score (nSPS) is 13.7. The summed E-state index contributed by atoms with van der Waals surface area (Å²) in [5.41, 5.74) is 4.86. The van der Waals surface area contributed by atoms with Crippen molar-refractivity contribution in [3.8, 4) is 0 Å². The number of pyridine rings is 1. The van der Waals surface area contributed by atoms with Crippen LogP contribution in [0.4, 0.5) is 0 Å². The first kappa shape index (κ1) is 17.2. The van der Waals surface area contributed by atoms with Crippen molar-refractivity contribution in [3.05, 3.63) is 57.9 Å². The first-order valence-corrected chi connectivity index (χ1v) is 8.81. The van der Waals surface area contributed by atoms with Crippen LogP contribution in [0.1, 0.15) is 43.2 Å². The fourth-order valence-electron chi connectivity index (χ4n) is 3.89. The molecule has 27 heavy (non-hydrogen) atoms. The van der Waals surface area contributed by atoms with Gasteiger partial charge in [-0.1, -0.05) is 12.1 Å². The lowest BCUT2D eigenvalue weighted by molar-refractivity contribution is 0.0694.